The number of pyridine rings is 1. The summed E-state index contributed by atoms with van der Waals surface area (Å²) in [4.78, 5) is 53.5. The van der Waals surface area contributed by atoms with Crippen LogP contribution in [0.2, 0.25) is 0 Å². The highest BCUT2D eigenvalue weighted by atomic mass is 16.5. The summed E-state index contributed by atoms with van der Waals surface area (Å²) >= 11 is 0. The number of rotatable bonds is 4. The highest BCUT2D eigenvalue weighted by Crippen LogP contribution is 2.33. The third-order valence-electron chi connectivity index (χ3n) is 7.50. The summed E-state index contributed by atoms with van der Waals surface area (Å²) in [5, 5.41) is 17.0. The van der Waals surface area contributed by atoms with Crippen LogP contribution >= 0.6 is 0 Å². The lowest BCUT2D eigenvalue weighted by atomic mass is 9.86. The maximum atomic E-state index is 14.0. The monoisotopic (exact) mass is 553 g/mol. The summed E-state index contributed by atoms with van der Waals surface area (Å²) in [7, 11) is 0. The fraction of sp³-hybridized carbons (Fsp3) is 0.250. The number of carboxylic acids is 1. The van der Waals surface area contributed by atoms with Crippen molar-refractivity contribution >= 4 is 40.0 Å². The number of carbonyl (C=O) groups excluding carboxylic acids is 2. The van der Waals surface area contributed by atoms with E-state index in [2.05, 4.69) is 15.6 Å². The molecule has 4 bridgehead atoms. The minimum Gasteiger partial charge on any atom is -0.481 e. The van der Waals surface area contributed by atoms with Crippen LogP contribution in [0.1, 0.15) is 59.9 Å². The summed E-state index contributed by atoms with van der Waals surface area (Å²) in [5.41, 5.74) is 4.02. The Labute approximate surface area is 236 Å². The van der Waals surface area contributed by atoms with Gasteiger partial charge in [0.25, 0.3) is 5.56 Å². The van der Waals surface area contributed by atoms with E-state index in [1.165, 1.54) is 0 Å². The molecule has 9 heteroatoms. The molecule has 2 aliphatic heterocycles. The molecule has 0 radical (unpaired) electrons. The van der Waals surface area contributed by atoms with Crippen molar-refractivity contribution in [2.24, 2.45) is 0 Å². The van der Waals surface area contributed by atoms with Crippen LogP contribution in [0, 0.1) is 6.92 Å². The smallest absolute Gasteiger partial charge is 0.411 e. The number of hydrogen-bond donors (Lipinski definition) is 4. The largest absolute Gasteiger partial charge is 0.481 e. The number of hydrogen-bond acceptors (Lipinski definition) is 6. The Kier molecular flexibility index (Phi) is 7.87. The van der Waals surface area contributed by atoms with Crippen LogP contribution in [0.15, 0.2) is 77.7 Å². The number of aromatic amines is 1. The molecule has 0 unspecified atom stereocenters. The van der Waals surface area contributed by atoms with Gasteiger partial charge in [0.15, 0.2) is 5.78 Å². The number of H-pyrrole nitrogens is 1. The lowest BCUT2D eigenvalue weighted by Gasteiger charge is -2.25. The molecule has 2 aliphatic rings. The van der Waals surface area contributed by atoms with E-state index in [4.69, 9.17) is 4.74 Å². The van der Waals surface area contributed by atoms with Crippen LogP contribution in [0.3, 0.4) is 0 Å². The summed E-state index contributed by atoms with van der Waals surface area (Å²) < 4.78 is 5.48. The Bertz CT molecular complexity index is 1690. The molecular formula is C32H31N3O6. The van der Waals surface area contributed by atoms with E-state index < -0.39 is 24.0 Å². The summed E-state index contributed by atoms with van der Waals surface area (Å²) in [6, 6.07) is 18.9. The van der Waals surface area contributed by atoms with Gasteiger partial charge in [0.2, 0.25) is 0 Å². The molecule has 210 valence electrons. The van der Waals surface area contributed by atoms with Crippen LogP contribution in [-0.2, 0) is 14.3 Å². The summed E-state index contributed by atoms with van der Waals surface area (Å²) in [5.74, 6) is -1.98. The molecule has 4 N–H and O–H groups in total. The molecule has 0 fully saturated rings. The summed E-state index contributed by atoms with van der Waals surface area (Å²) in [6.45, 7) is 4.05. The first-order chi connectivity index (χ1) is 19.7. The van der Waals surface area contributed by atoms with E-state index >= 15 is 0 Å². The number of fused-ring (bicyclic) bond motifs is 10. The van der Waals surface area contributed by atoms with Crippen molar-refractivity contribution in [3.63, 3.8) is 0 Å². The molecule has 0 saturated heterocycles. The number of Topliss-reactive ketones (excluding diaryl/α,β-unsaturated/α-hetero) is 1. The Morgan fingerprint density at radius 2 is 1.85 bits per heavy atom. The zero-order chi connectivity index (χ0) is 29.1. The molecule has 0 saturated carbocycles. The van der Waals surface area contributed by atoms with E-state index in [1.54, 1.807) is 42.6 Å². The standard InChI is InChI=1S/C32H31N3O6/c1-18-12-22-7-9-26(18)19(2)17-41-32(40)35-24-5-3-4-21(13-24)23(15-29(37)38)14-28(36)30(22)34-25-8-6-20-10-11-33-31(39)27(20)16-25/h3-13,16,19,23,30,34H,14-15,17H2,1-2H3,(H,33,39)(H,35,40)(H,37,38)/t19-,23+,30+/m0/s1. The van der Waals surface area contributed by atoms with Gasteiger partial charge in [-0.15, -0.1) is 0 Å². The van der Waals surface area contributed by atoms with Gasteiger partial charge >= 0.3 is 12.1 Å². The number of benzene rings is 3. The fourth-order valence-electron chi connectivity index (χ4n) is 5.41. The number of nitrogens with one attached hydrogen (secondary N) is 3. The number of aromatic nitrogens is 1. The quantitative estimate of drug-likeness (QED) is 0.248. The van der Waals surface area contributed by atoms with Gasteiger partial charge < -0.3 is 20.1 Å². The molecule has 0 spiro atoms. The predicted molar refractivity (Wildman–Crippen MR) is 157 cm³/mol. The average Bonchev–Trinajstić information content (AvgIpc) is 2.94. The van der Waals surface area contributed by atoms with Crippen molar-refractivity contribution < 1.29 is 24.2 Å². The number of anilines is 2. The van der Waals surface area contributed by atoms with Crippen molar-refractivity contribution in [1.82, 2.24) is 4.98 Å². The van der Waals surface area contributed by atoms with Crippen molar-refractivity contribution in [2.45, 2.75) is 44.6 Å². The number of aryl methyl sites for hydroxylation is 1. The van der Waals surface area contributed by atoms with Crippen LogP contribution in [0.4, 0.5) is 16.2 Å². The van der Waals surface area contributed by atoms with Gasteiger partial charge in [-0.05, 0) is 64.9 Å². The van der Waals surface area contributed by atoms with E-state index in [9.17, 15) is 24.3 Å². The highest BCUT2D eigenvalue weighted by molar-refractivity contribution is 5.91. The molecule has 3 aromatic carbocycles. The number of carbonyl (C=O) groups is 3. The Balaban J connectivity index is 1.59. The fourth-order valence-corrected chi connectivity index (χ4v) is 5.41. The highest BCUT2D eigenvalue weighted by Gasteiger charge is 2.28. The van der Waals surface area contributed by atoms with E-state index in [-0.39, 0.29) is 36.7 Å². The first-order valence-corrected chi connectivity index (χ1v) is 13.4. The number of ketones is 1. The van der Waals surface area contributed by atoms with Crippen LogP contribution < -0.4 is 16.2 Å². The third kappa shape index (κ3) is 6.30. The van der Waals surface area contributed by atoms with Gasteiger partial charge in [-0.25, -0.2) is 4.79 Å². The van der Waals surface area contributed by atoms with E-state index in [0.717, 1.165) is 16.5 Å². The van der Waals surface area contributed by atoms with Gasteiger partial charge in [0, 0.05) is 41.2 Å². The zero-order valence-corrected chi connectivity index (χ0v) is 22.8. The number of carboxylic acid groups (broad SMARTS) is 1. The molecule has 1 amide bonds. The second-order valence-corrected chi connectivity index (χ2v) is 10.5. The van der Waals surface area contributed by atoms with E-state index in [1.807, 2.05) is 44.2 Å². The van der Waals surface area contributed by atoms with Crippen LogP contribution in [0.5, 0.6) is 0 Å². The second kappa shape index (κ2) is 11.7. The molecule has 1 aromatic heterocycles. The predicted octanol–water partition coefficient (Wildman–Crippen LogP) is 5.87. The number of ether oxygens (including phenoxy) is 1. The van der Waals surface area contributed by atoms with Crippen molar-refractivity contribution in [3.8, 4) is 0 Å². The maximum absolute atomic E-state index is 14.0. The SMILES string of the molecule is Cc1cc2ccc1[C@@H](C)COC(=O)Nc1cccc(c1)[C@@H](CC(=O)O)CC(=O)[C@@H]2Nc1ccc2cc[nH]c(=O)c2c1. The normalized spacial score (nSPS) is 19.4. The second-order valence-electron chi connectivity index (χ2n) is 10.5. The first-order valence-electron chi connectivity index (χ1n) is 13.4. The molecule has 4 aromatic rings. The Morgan fingerprint density at radius 1 is 1.02 bits per heavy atom. The first kappa shape index (κ1) is 27.6. The summed E-state index contributed by atoms with van der Waals surface area (Å²) in [6.07, 6.45) is 0.638. The van der Waals surface area contributed by atoms with Gasteiger partial charge in [0.1, 0.15) is 6.04 Å². The zero-order valence-electron chi connectivity index (χ0n) is 22.8. The molecule has 3 heterocycles. The topological polar surface area (TPSA) is 138 Å². The number of aliphatic carboxylic acids is 1. The van der Waals surface area contributed by atoms with Crippen molar-refractivity contribution in [3.05, 3.63) is 106 Å². The van der Waals surface area contributed by atoms with Gasteiger partial charge in [-0.1, -0.05) is 43.3 Å². The number of amides is 1. The van der Waals surface area contributed by atoms with E-state index in [0.29, 0.717) is 27.9 Å². The van der Waals surface area contributed by atoms with Crippen molar-refractivity contribution in [2.75, 3.05) is 17.2 Å². The molecule has 6 rings (SSSR count). The average molecular weight is 554 g/mol. The van der Waals surface area contributed by atoms with Gasteiger partial charge in [-0.3, -0.25) is 19.7 Å². The molecule has 0 aliphatic carbocycles. The van der Waals surface area contributed by atoms with Crippen LogP contribution in [-0.4, -0.2) is 34.5 Å². The molecular weight excluding hydrogens is 522 g/mol. The lowest BCUT2D eigenvalue weighted by Crippen LogP contribution is -2.24. The molecule has 3 atom stereocenters. The minimum absolute atomic E-state index is 0.0662. The molecule has 9 nitrogen and oxygen atoms in total. The lowest BCUT2D eigenvalue weighted by molar-refractivity contribution is -0.137. The maximum Gasteiger partial charge on any atom is 0.411 e. The molecule has 41 heavy (non-hydrogen) atoms. The van der Waals surface area contributed by atoms with Crippen LogP contribution in [0.25, 0.3) is 10.8 Å². The van der Waals surface area contributed by atoms with Crippen molar-refractivity contribution in [1.29, 1.82) is 0 Å². The Hall–Kier alpha value is -4.92. The minimum atomic E-state index is -1.04. The third-order valence-corrected chi connectivity index (χ3v) is 7.50. The Morgan fingerprint density at radius 3 is 2.63 bits per heavy atom. The van der Waals surface area contributed by atoms with Gasteiger partial charge in [0.05, 0.1) is 13.0 Å². The van der Waals surface area contributed by atoms with Gasteiger partial charge in [-0.2, -0.15) is 0 Å².